The number of fused-ring (bicyclic) bond motifs is 1. The van der Waals surface area contributed by atoms with E-state index in [1.807, 2.05) is 30.3 Å². The maximum Gasteiger partial charge on any atom is 0.241 e. The van der Waals surface area contributed by atoms with E-state index in [4.69, 9.17) is 4.74 Å². The first-order valence-corrected chi connectivity index (χ1v) is 11.4. The smallest absolute Gasteiger partial charge is 0.241 e. The van der Waals surface area contributed by atoms with E-state index in [0.29, 0.717) is 38.3 Å². The Morgan fingerprint density at radius 3 is 2.59 bits per heavy atom. The Kier molecular flexibility index (Phi) is 5.96. The molecule has 1 fully saturated rings. The van der Waals surface area contributed by atoms with Crippen LogP contribution in [-0.2, 0) is 26.0 Å². The third-order valence-corrected chi connectivity index (χ3v) is 6.94. The lowest BCUT2D eigenvalue weighted by molar-refractivity contribution is -0.909. The zero-order valence-electron chi connectivity index (χ0n) is 16.2. The highest BCUT2D eigenvalue weighted by Crippen LogP contribution is 2.26. The number of hydrogen-bond acceptors (Lipinski definition) is 4. The van der Waals surface area contributed by atoms with Crippen LogP contribution >= 0.6 is 0 Å². The average Bonchev–Trinajstić information content (AvgIpc) is 2.74. The summed E-state index contributed by atoms with van der Waals surface area (Å²) < 4.78 is 34.7. The molecule has 29 heavy (non-hydrogen) atoms. The van der Waals surface area contributed by atoms with E-state index in [1.54, 1.807) is 18.2 Å². The zero-order valence-corrected chi connectivity index (χ0v) is 17.0. The SMILES string of the molecule is O=C1CCc2cc(S(=O)(=O)N[C@@H](C[NH+]3CCOCC3)c3ccccc3)ccc2N1. The number of ether oxygens (including phenoxy) is 1. The molecule has 2 heterocycles. The van der Waals surface area contributed by atoms with Crippen LogP contribution in [0.3, 0.4) is 0 Å². The van der Waals surface area contributed by atoms with Crippen LogP contribution in [0.1, 0.15) is 23.6 Å². The lowest BCUT2D eigenvalue weighted by Crippen LogP contribution is -3.14. The van der Waals surface area contributed by atoms with E-state index in [9.17, 15) is 13.2 Å². The molecule has 8 heteroatoms. The van der Waals surface area contributed by atoms with Crippen molar-refractivity contribution in [3.05, 3.63) is 59.7 Å². The van der Waals surface area contributed by atoms with Crippen molar-refractivity contribution in [1.82, 2.24) is 4.72 Å². The molecule has 0 spiro atoms. The zero-order chi connectivity index (χ0) is 20.3. The van der Waals surface area contributed by atoms with Crippen LogP contribution in [0.5, 0.6) is 0 Å². The average molecular weight is 417 g/mol. The molecule has 1 saturated heterocycles. The third kappa shape index (κ3) is 4.84. The van der Waals surface area contributed by atoms with Crippen molar-refractivity contribution < 1.29 is 22.8 Å². The largest absolute Gasteiger partial charge is 0.370 e. The van der Waals surface area contributed by atoms with Gasteiger partial charge in [-0.15, -0.1) is 0 Å². The summed E-state index contributed by atoms with van der Waals surface area (Å²) in [5.74, 6) is -0.0381. The number of nitrogens with one attached hydrogen (secondary N) is 3. The normalized spacial score (nSPS) is 18.7. The van der Waals surface area contributed by atoms with Gasteiger partial charge in [-0.25, -0.2) is 8.42 Å². The van der Waals surface area contributed by atoms with Gasteiger partial charge in [0.2, 0.25) is 15.9 Å². The number of amides is 1. The van der Waals surface area contributed by atoms with E-state index in [-0.39, 0.29) is 16.8 Å². The standard InChI is InChI=1S/C21H25N3O4S/c25-21-9-6-17-14-18(7-8-19(17)22-21)29(26,27)23-20(16-4-2-1-3-5-16)15-24-10-12-28-13-11-24/h1-5,7-8,14,20,23H,6,9-13,15H2,(H,22,25)/p+1/t20-/m0/s1. The molecule has 0 aliphatic carbocycles. The molecule has 0 radical (unpaired) electrons. The Morgan fingerprint density at radius 2 is 1.83 bits per heavy atom. The van der Waals surface area contributed by atoms with Gasteiger partial charge in [-0.3, -0.25) is 4.79 Å². The van der Waals surface area contributed by atoms with Gasteiger partial charge in [0.15, 0.2) is 0 Å². The van der Waals surface area contributed by atoms with Gasteiger partial charge in [-0.05, 0) is 35.7 Å². The van der Waals surface area contributed by atoms with E-state index >= 15 is 0 Å². The molecule has 2 aliphatic rings. The number of quaternary nitrogens is 1. The second-order valence-corrected chi connectivity index (χ2v) is 9.23. The molecule has 0 unspecified atom stereocenters. The van der Waals surface area contributed by atoms with Gasteiger partial charge in [0.05, 0.1) is 30.7 Å². The minimum Gasteiger partial charge on any atom is -0.370 e. The van der Waals surface area contributed by atoms with Crippen molar-refractivity contribution in [2.75, 3.05) is 38.2 Å². The lowest BCUT2D eigenvalue weighted by Gasteiger charge is -2.28. The predicted molar refractivity (Wildman–Crippen MR) is 109 cm³/mol. The number of anilines is 1. The summed E-state index contributed by atoms with van der Waals surface area (Å²) in [4.78, 5) is 13.1. The molecule has 154 valence electrons. The van der Waals surface area contributed by atoms with E-state index in [0.717, 1.165) is 24.2 Å². The monoisotopic (exact) mass is 416 g/mol. The number of carbonyl (C=O) groups excluding carboxylic acids is 1. The van der Waals surface area contributed by atoms with Gasteiger partial charge in [0.1, 0.15) is 13.1 Å². The Bertz CT molecular complexity index is 973. The van der Waals surface area contributed by atoms with Crippen LogP contribution in [0.25, 0.3) is 0 Å². The van der Waals surface area contributed by atoms with Crippen molar-refractivity contribution in [3.8, 4) is 0 Å². The van der Waals surface area contributed by atoms with Crippen molar-refractivity contribution in [2.45, 2.75) is 23.8 Å². The first-order valence-electron chi connectivity index (χ1n) is 9.93. The molecule has 7 nitrogen and oxygen atoms in total. The second-order valence-electron chi connectivity index (χ2n) is 7.52. The quantitative estimate of drug-likeness (QED) is 0.640. The van der Waals surface area contributed by atoms with Crippen molar-refractivity contribution in [2.24, 2.45) is 0 Å². The van der Waals surface area contributed by atoms with Crippen LogP contribution in [0.4, 0.5) is 5.69 Å². The van der Waals surface area contributed by atoms with Crippen molar-refractivity contribution >= 4 is 21.6 Å². The van der Waals surface area contributed by atoms with Gasteiger partial charge in [0, 0.05) is 12.1 Å². The molecule has 2 aliphatic heterocycles. The minimum absolute atomic E-state index is 0.0381. The Balaban J connectivity index is 1.58. The van der Waals surface area contributed by atoms with Gasteiger partial charge in [0.25, 0.3) is 0 Å². The molecule has 4 rings (SSSR count). The molecule has 0 aromatic heterocycles. The Hall–Kier alpha value is -2.26. The van der Waals surface area contributed by atoms with E-state index in [2.05, 4.69) is 10.0 Å². The molecule has 0 bridgehead atoms. The highest BCUT2D eigenvalue weighted by molar-refractivity contribution is 7.89. The summed E-state index contributed by atoms with van der Waals surface area (Å²) in [5, 5.41) is 2.79. The fourth-order valence-corrected chi connectivity index (χ4v) is 5.12. The summed E-state index contributed by atoms with van der Waals surface area (Å²) in [5.41, 5.74) is 2.49. The summed E-state index contributed by atoms with van der Waals surface area (Å²) >= 11 is 0. The molecule has 0 saturated carbocycles. The summed E-state index contributed by atoms with van der Waals surface area (Å²) in [6.07, 6.45) is 0.918. The van der Waals surface area contributed by atoms with Gasteiger partial charge in [-0.1, -0.05) is 30.3 Å². The van der Waals surface area contributed by atoms with Gasteiger partial charge in [-0.2, -0.15) is 4.72 Å². The van der Waals surface area contributed by atoms with Gasteiger partial charge >= 0.3 is 0 Å². The molecule has 2 aromatic carbocycles. The fourth-order valence-electron chi connectivity index (χ4n) is 3.85. The maximum atomic E-state index is 13.2. The topological polar surface area (TPSA) is 88.9 Å². The number of carbonyl (C=O) groups is 1. The van der Waals surface area contributed by atoms with Crippen LogP contribution in [0.15, 0.2) is 53.4 Å². The number of morpholine rings is 1. The van der Waals surface area contributed by atoms with E-state index in [1.165, 1.54) is 4.90 Å². The van der Waals surface area contributed by atoms with Crippen LogP contribution in [0, 0.1) is 0 Å². The van der Waals surface area contributed by atoms with Gasteiger partial charge < -0.3 is 15.0 Å². The van der Waals surface area contributed by atoms with E-state index < -0.39 is 10.0 Å². The highest BCUT2D eigenvalue weighted by Gasteiger charge is 2.27. The number of aryl methyl sites for hydroxylation is 1. The van der Waals surface area contributed by atoms with Crippen molar-refractivity contribution in [3.63, 3.8) is 0 Å². The number of hydrogen-bond donors (Lipinski definition) is 3. The molecule has 1 amide bonds. The van der Waals surface area contributed by atoms with Crippen LogP contribution in [0.2, 0.25) is 0 Å². The fraction of sp³-hybridized carbons (Fsp3) is 0.381. The second kappa shape index (κ2) is 8.62. The third-order valence-electron chi connectivity index (χ3n) is 5.47. The first-order chi connectivity index (χ1) is 14.0. The minimum atomic E-state index is -3.71. The summed E-state index contributed by atoms with van der Waals surface area (Å²) in [7, 11) is -3.71. The molecule has 2 aromatic rings. The van der Waals surface area contributed by atoms with Crippen LogP contribution < -0.4 is 14.9 Å². The maximum absolute atomic E-state index is 13.2. The molecular weight excluding hydrogens is 390 g/mol. The van der Waals surface area contributed by atoms with Crippen molar-refractivity contribution in [1.29, 1.82) is 0 Å². The molecular formula is C21H26N3O4S+. The Labute approximate surface area is 171 Å². The summed E-state index contributed by atoms with van der Waals surface area (Å²) in [6, 6.07) is 14.2. The summed E-state index contributed by atoms with van der Waals surface area (Å²) in [6.45, 7) is 3.78. The highest BCUT2D eigenvalue weighted by atomic mass is 32.2. The number of rotatable bonds is 6. The molecule has 3 N–H and O–H groups in total. The lowest BCUT2D eigenvalue weighted by atomic mass is 10.0. The predicted octanol–water partition coefficient (Wildman–Crippen LogP) is 0.506. The molecule has 1 atom stereocenters. The Morgan fingerprint density at radius 1 is 1.07 bits per heavy atom. The first kappa shape index (κ1) is 20.0. The van der Waals surface area contributed by atoms with Crippen LogP contribution in [-0.4, -0.2) is 47.2 Å². The number of benzene rings is 2. The number of sulfonamides is 1.